The number of aryl methyl sites for hydroxylation is 1. The Morgan fingerprint density at radius 3 is 2.60 bits per heavy atom. The first-order valence-electron chi connectivity index (χ1n) is 6.17. The lowest BCUT2D eigenvalue weighted by Crippen LogP contribution is -2.14. The van der Waals surface area contributed by atoms with E-state index in [1.807, 2.05) is 25.1 Å². The molecule has 0 aromatic heterocycles. The number of benzene rings is 2. The molecule has 2 rings (SSSR count). The van der Waals surface area contributed by atoms with Crippen LogP contribution in [0, 0.1) is 11.3 Å². The quantitative estimate of drug-likeness (QED) is 0.939. The lowest BCUT2D eigenvalue weighted by molar-refractivity contribution is 0.601. The lowest BCUT2D eigenvalue weighted by atomic mass is 10.1. The number of sulfonamides is 1. The van der Waals surface area contributed by atoms with Gasteiger partial charge >= 0.3 is 0 Å². The van der Waals surface area contributed by atoms with Crippen LogP contribution in [0.25, 0.3) is 0 Å². The number of hydrogen-bond donors (Lipinski definition) is 1. The van der Waals surface area contributed by atoms with Crippen LogP contribution >= 0.6 is 0 Å². The molecule has 0 spiro atoms. The van der Waals surface area contributed by atoms with Crippen molar-refractivity contribution in [1.29, 1.82) is 5.26 Å². The van der Waals surface area contributed by atoms with Crippen LogP contribution in [-0.4, -0.2) is 8.42 Å². The topological polar surface area (TPSA) is 70.0 Å². The molecule has 0 saturated carbocycles. The molecular weight excluding hydrogens is 272 g/mol. The van der Waals surface area contributed by atoms with Crippen LogP contribution in [0.5, 0.6) is 0 Å². The minimum absolute atomic E-state index is 0.0856. The van der Waals surface area contributed by atoms with E-state index >= 15 is 0 Å². The molecule has 5 heteroatoms. The third-order valence-electron chi connectivity index (χ3n) is 2.92. The summed E-state index contributed by atoms with van der Waals surface area (Å²) in [5.74, 6) is 0. The van der Waals surface area contributed by atoms with Crippen molar-refractivity contribution in [1.82, 2.24) is 0 Å². The molecule has 1 N–H and O–H groups in total. The predicted octanol–water partition coefficient (Wildman–Crippen LogP) is 2.92. The molecule has 0 amide bonds. The highest BCUT2D eigenvalue weighted by molar-refractivity contribution is 7.92. The minimum atomic E-state index is -3.68. The molecule has 0 aliphatic rings. The van der Waals surface area contributed by atoms with Crippen LogP contribution in [0.3, 0.4) is 0 Å². The van der Waals surface area contributed by atoms with Crippen molar-refractivity contribution in [3.8, 4) is 6.07 Å². The van der Waals surface area contributed by atoms with Gasteiger partial charge in [-0.2, -0.15) is 5.26 Å². The van der Waals surface area contributed by atoms with E-state index in [2.05, 4.69) is 4.72 Å². The number of nitrogens with one attached hydrogen (secondary N) is 1. The maximum absolute atomic E-state index is 12.3. The average Bonchev–Trinajstić information content (AvgIpc) is 2.47. The number of anilines is 1. The normalized spacial score (nSPS) is 10.8. The van der Waals surface area contributed by atoms with Crippen LogP contribution in [0.4, 0.5) is 5.69 Å². The summed E-state index contributed by atoms with van der Waals surface area (Å²) in [6, 6.07) is 15.1. The first-order chi connectivity index (χ1) is 9.56. The van der Waals surface area contributed by atoms with Crippen LogP contribution < -0.4 is 4.72 Å². The summed E-state index contributed by atoms with van der Waals surface area (Å²) in [6.45, 7) is 1.96. The van der Waals surface area contributed by atoms with Crippen molar-refractivity contribution in [2.45, 2.75) is 18.2 Å². The van der Waals surface area contributed by atoms with Gasteiger partial charge in [-0.25, -0.2) is 8.42 Å². The molecule has 0 fully saturated rings. The number of para-hydroxylation sites is 1. The van der Waals surface area contributed by atoms with Crippen molar-refractivity contribution >= 4 is 15.7 Å². The van der Waals surface area contributed by atoms with E-state index in [-0.39, 0.29) is 4.90 Å². The van der Waals surface area contributed by atoms with Gasteiger partial charge in [-0.05, 0) is 36.2 Å². The third kappa shape index (κ3) is 2.98. The average molecular weight is 286 g/mol. The molecule has 0 bridgehead atoms. The largest absolute Gasteiger partial charge is 0.279 e. The minimum Gasteiger partial charge on any atom is -0.279 e. The van der Waals surface area contributed by atoms with Gasteiger partial charge in [0, 0.05) is 0 Å². The highest BCUT2D eigenvalue weighted by atomic mass is 32.2. The van der Waals surface area contributed by atoms with E-state index in [1.54, 1.807) is 24.3 Å². The van der Waals surface area contributed by atoms with Crippen molar-refractivity contribution in [2.75, 3.05) is 4.72 Å². The second kappa shape index (κ2) is 5.76. The summed E-state index contributed by atoms with van der Waals surface area (Å²) in [5.41, 5.74) is 1.81. The van der Waals surface area contributed by atoms with Crippen molar-refractivity contribution < 1.29 is 8.42 Å². The lowest BCUT2D eigenvalue weighted by Gasteiger charge is -2.11. The molecule has 20 heavy (non-hydrogen) atoms. The molecule has 0 aliphatic carbocycles. The molecule has 0 radical (unpaired) electrons. The Labute approximate surface area is 118 Å². The van der Waals surface area contributed by atoms with Crippen LogP contribution in [0.15, 0.2) is 53.4 Å². The first kappa shape index (κ1) is 14.1. The Hall–Kier alpha value is -2.32. The Balaban J connectivity index is 2.38. The van der Waals surface area contributed by atoms with Crippen molar-refractivity contribution in [2.24, 2.45) is 0 Å². The van der Waals surface area contributed by atoms with Gasteiger partial charge in [0.1, 0.15) is 0 Å². The molecule has 0 saturated heterocycles. The first-order valence-corrected chi connectivity index (χ1v) is 7.66. The van der Waals surface area contributed by atoms with Gasteiger partial charge in [-0.3, -0.25) is 4.72 Å². The smallest absolute Gasteiger partial charge is 0.261 e. The fourth-order valence-corrected chi connectivity index (χ4v) is 3.01. The number of nitriles is 1. The maximum atomic E-state index is 12.3. The van der Waals surface area contributed by atoms with Crippen LogP contribution in [0.1, 0.15) is 18.1 Å². The van der Waals surface area contributed by atoms with E-state index in [9.17, 15) is 8.42 Å². The standard InChI is InChI=1S/C15H14N2O2S/c1-2-13-7-3-4-9-15(13)17-20(18,19)14-8-5-6-12(10-14)11-16/h3-10,17H,2H2,1H3. The monoisotopic (exact) mass is 286 g/mol. The van der Waals surface area contributed by atoms with E-state index in [0.717, 1.165) is 12.0 Å². The number of rotatable bonds is 4. The maximum Gasteiger partial charge on any atom is 0.261 e. The zero-order chi connectivity index (χ0) is 14.6. The Bertz CT molecular complexity index is 761. The SMILES string of the molecule is CCc1ccccc1NS(=O)(=O)c1cccc(C#N)c1. The van der Waals surface area contributed by atoms with Crippen LogP contribution in [-0.2, 0) is 16.4 Å². The number of nitrogens with zero attached hydrogens (tertiary/aromatic N) is 1. The number of hydrogen-bond acceptors (Lipinski definition) is 3. The van der Waals surface area contributed by atoms with Gasteiger partial charge in [0.15, 0.2) is 0 Å². The van der Waals surface area contributed by atoms with Gasteiger partial charge in [0.25, 0.3) is 10.0 Å². The van der Waals surface area contributed by atoms with E-state index in [0.29, 0.717) is 11.3 Å². The van der Waals surface area contributed by atoms with E-state index in [4.69, 9.17) is 5.26 Å². The van der Waals surface area contributed by atoms with Crippen molar-refractivity contribution in [3.05, 3.63) is 59.7 Å². The van der Waals surface area contributed by atoms with E-state index < -0.39 is 10.0 Å². The van der Waals surface area contributed by atoms with Crippen molar-refractivity contribution in [3.63, 3.8) is 0 Å². The molecule has 4 nitrogen and oxygen atoms in total. The van der Waals surface area contributed by atoms with Gasteiger partial charge in [0.05, 0.1) is 22.2 Å². The summed E-state index contributed by atoms with van der Waals surface area (Å²) in [5, 5.41) is 8.83. The molecule has 0 aliphatic heterocycles. The van der Waals surface area contributed by atoms with Crippen LogP contribution in [0.2, 0.25) is 0 Å². The molecule has 0 heterocycles. The molecular formula is C15H14N2O2S. The highest BCUT2D eigenvalue weighted by Gasteiger charge is 2.15. The van der Waals surface area contributed by atoms with Gasteiger partial charge in [-0.1, -0.05) is 31.2 Å². The fourth-order valence-electron chi connectivity index (χ4n) is 1.86. The van der Waals surface area contributed by atoms with Gasteiger partial charge < -0.3 is 0 Å². The highest BCUT2D eigenvalue weighted by Crippen LogP contribution is 2.20. The van der Waals surface area contributed by atoms with Gasteiger partial charge in [-0.15, -0.1) is 0 Å². The second-order valence-corrected chi connectivity index (χ2v) is 5.94. The Morgan fingerprint density at radius 2 is 1.90 bits per heavy atom. The molecule has 2 aromatic rings. The predicted molar refractivity (Wildman–Crippen MR) is 77.8 cm³/mol. The Kier molecular flexibility index (Phi) is 4.06. The third-order valence-corrected chi connectivity index (χ3v) is 4.28. The summed E-state index contributed by atoms with van der Waals surface area (Å²) >= 11 is 0. The molecule has 0 atom stereocenters. The summed E-state index contributed by atoms with van der Waals surface area (Å²) in [7, 11) is -3.68. The van der Waals surface area contributed by atoms with Gasteiger partial charge in [0.2, 0.25) is 0 Å². The summed E-state index contributed by atoms with van der Waals surface area (Å²) < 4.78 is 27.2. The molecule has 2 aromatic carbocycles. The molecule has 102 valence electrons. The molecule has 0 unspecified atom stereocenters. The zero-order valence-corrected chi connectivity index (χ0v) is 11.8. The summed E-state index contributed by atoms with van der Waals surface area (Å²) in [4.78, 5) is 0.0856. The Morgan fingerprint density at radius 1 is 1.15 bits per heavy atom. The zero-order valence-electron chi connectivity index (χ0n) is 11.0. The van der Waals surface area contributed by atoms with E-state index in [1.165, 1.54) is 12.1 Å². The second-order valence-electron chi connectivity index (χ2n) is 4.26. The summed E-state index contributed by atoms with van der Waals surface area (Å²) in [6.07, 6.45) is 0.733. The fraction of sp³-hybridized carbons (Fsp3) is 0.133.